The molecule has 0 saturated heterocycles. The highest BCUT2D eigenvalue weighted by molar-refractivity contribution is 5.79. The molecule has 0 amide bonds. The van der Waals surface area contributed by atoms with E-state index in [0.29, 0.717) is 13.2 Å². The Balaban J connectivity index is 2.61. The summed E-state index contributed by atoms with van der Waals surface area (Å²) < 4.78 is 10.7. The monoisotopic (exact) mass is 293 g/mol. The molecule has 0 aliphatic carbocycles. The zero-order valence-electron chi connectivity index (χ0n) is 13.8. The van der Waals surface area contributed by atoms with Crippen molar-refractivity contribution in [2.75, 3.05) is 48.5 Å². The van der Waals surface area contributed by atoms with E-state index in [1.54, 1.807) is 7.11 Å². The van der Waals surface area contributed by atoms with Crippen molar-refractivity contribution in [1.29, 1.82) is 0 Å². The number of ether oxygens (including phenoxy) is 2. The SMILES string of the molecule is COCCCOc1cccc(CN=C(N(C)C)N(C)C)c1. The van der Waals surface area contributed by atoms with Gasteiger partial charge in [-0.25, -0.2) is 4.99 Å². The molecule has 1 aromatic rings. The third-order valence-electron chi connectivity index (χ3n) is 2.86. The van der Waals surface area contributed by atoms with Gasteiger partial charge in [0.2, 0.25) is 0 Å². The Bertz CT molecular complexity index is 435. The Kier molecular flexibility index (Phi) is 7.61. The summed E-state index contributed by atoms with van der Waals surface area (Å²) in [6.45, 7) is 2.03. The van der Waals surface area contributed by atoms with Crippen LogP contribution in [0.25, 0.3) is 0 Å². The van der Waals surface area contributed by atoms with Crippen molar-refractivity contribution < 1.29 is 9.47 Å². The molecule has 0 aliphatic rings. The zero-order chi connectivity index (χ0) is 15.7. The van der Waals surface area contributed by atoms with Gasteiger partial charge in [0, 0.05) is 48.3 Å². The minimum Gasteiger partial charge on any atom is -0.493 e. The molecular formula is C16H27N3O2. The summed E-state index contributed by atoms with van der Waals surface area (Å²) in [4.78, 5) is 8.65. The van der Waals surface area contributed by atoms with Crippen LogP contribution in [-0.4, -0.2) is 64.3 Å². The summed E-state index contributed by atoms with van der Waals surface area (Å²) in [5, 5.41) is 0. The van der Waals surface area contributed by atoms with Crippen LogP contribution in [0.1, 0.15) is 12.0 Å². The lowest BCUT2D eigenvalue weighted by molar-refractivity contribution is 0.172. The summed E-state index contributed by atoms with van der Waals surface area (Å²) in [6.07, 6.45) is 0.893. The molecule has 0 radical (unpaired) electrons. The summed E-state index contributed by atoms with van der Waals surface area (Å²) in [6, 6.07) is 8.08. The van der Waals surface area contributed by atoms with E-state index in [4.69, 9.17) is 9.47 Å². The molecule has 0 N–H and O–H groups in total. The van der Waals surface area contributed by atoms with E-state index in [-0.39, 0.29) is 0 Å². The fourth-order valence-corrected chi connectivity index (χ4v) is 1.97. The predicted molar refractivity (Wildman–Crippen MR) is 86.9 cm³/mol. The first-order valence-corrected chi connectivity index (χ1v) is 7.14. The van der Waals surface area contributed by atoms with E-state index in [2.05, 4.69) is 11.1 Å². The Morgan fingerprint density at radius 1 is 1.10 bits per heavy atom. The highest BCUT2D eigenvalue weighted by Gasteiger charge is 2.04. The van der Waals surface area contributed by atoms with Crippen molar-refractivity contribution >= 4 is 5.96 Å². The fraction of sp³-hybridized carbons (Fsp3) is 0.562. The number of nitrogens with zero attached hydrogens (tertiary/aromatic N) is 3. The highest BCUT2D eigenvalue weighted by Crippen LogP contribution is 2.14. The van der Waals surface area contributed by atoms with Crippen molar-refractivity contribution in [3.63, 3.8) is 0 Å². The standard InChI is InChI=1S/C16H27N3O2/c1-18(2)16(19(3)4)17-13-14-8-6-9-15(12-14)21-11-7-10-20-5/h6,8-9,12H,7,10-11,13H2,1-5H3. The molecule has 5 nitrogen and oxygen atoms in total. The lowest BCUT2D eigenvalue weighted by atomic mass is 10.2. The Hall–Kier alpha value is -1.75. The maximum absolute atomic E-state index is 5.70. The maximum Gasteiger partial charge on any atom is 0.195 e. The van der Waals surface area contributed by atoms with Crippen LogP contribution >= 0.6 is 0 Å². The highest BCUT2D eigenvalue weighted by atomic mass is 16.5. The van der Waals surface area contributed by atoms with Crippen LogP contribution in [0.15, 0.2) is 29.3 Å². The van der Waals surface area contributed by atoms with Crippen LogP contribution in [0.5, 0.6) is 5.75 Å². The average molecular weight is 293 g/mol. The zero-order valence-corrected chi connectivity index (χ0v) is 13.8. The largest absolute Gasteiger partial charge is 0.493 e. The summed E-state index contributed by atoms with van der Waals surface area (Å²) in [5.74, 6) is 1.83. The lowest BCUT2D eigenvalue weighted by Gasteiger charge is -2.22. The van der Waals surface area contributed by atoms with Gasteiger partial charge in [-0.1, -0.05) is 12.1 Å². The number of hydrogen-bond donors (Lipinski definition) is 0. The molecule has 0 atom stereocenters. The quantitative estimate of drug-likeness (QED) is 0.438. The Morgan fingerprint density at radius 3 is 2.43 bits per heavy atom. The van der Waals surface area contributed by atoms with Gasteiger partial charge in [0.15, 0.2) is 5.96 Å². The van der Waals surface area contributed by atoms with Crippen LogP contribution in [0.4, 0.5) is 0 Å². The molecular weight excluding hydrogens is 266 g/mol. The Morgan fingerprint density at radius 2 is 1.81 bits per heavy atom. The molecule has 0 unspecified atom stereocenters. The molecule has 1 aromatic carbocycles. The number of hydrogen-bond acceptors (Lipinski definition) is 3. The molecule has 5 heteroatoms. The van der Waals surface area contributed by atoms with Gasteiger partial charge in [-0.05, 0) is 17.7 Å². The fourth-order valence-electron chi connectivity index (χ4n) is 1.97. The van der Waals surface area contributed by atoms with Crippen LogP contribution in [0.3, 0.4) is 0 Å². The van der Waals surface area contributed by atoms with Gasteiger partial charge in [-0.15, -0.1) is 0 Å². The smallest absolute Gasteiger partial charge is 0.195 e. The summed E-state index contributed by atoms with van der Waals surface area (Å²) >= 11 is 0. The first-order chi connectivity index (χ1) is 10.0. The van der Waals surface area contributed by atoms with Crippen LogP contribution in [-0.2, 0) is 11.3 Å². The molecule has 1 rings (SSSR count). The Labute approximate surface area is 128 Å². The molecule has 21 heavy (non-hydrogen) atoms. The average Bonchev–Trinajstić information content (AvgIpc) is 2.43. The second-order valence-corrected chi connectivity index (χ2v) is 5.25. The van der Waals surface area contributed by atoms with E-state index in [1.165, 1.54) is 0 Å². The van der Waals surface area contributed by atoms with Gasteiger partial charge in [0.25, 0.3) is 0 Å². The second kappa shape index (κ2) is 9.23. The van der Waals surface area contributed by atoms with Gasteiger partial charge >= 0.3 is 0 Å². The normalized spacial score (nSPS) is 10.1. The lowest BCUT2D eigenvalue weighted by Crippen LogP contribution is -2.35. The number of guanidine groups is 1. The number of aliphatic imine (C=N–C) groups is 1. The van der Waals surface area contributed by atoms with E-state index in [1.807, 2.05) is 56.2 Å². The molecule has 0 spiro atoms. The van der Waals surface area contributed by atoms with E-state index in [9.17, 15) is 0 Å². The number of methoxy groups -OCH3 is 1. The molecule has 0 saturated carbocycles. The van der Waals surface area contributed by atoms with Gasteiger partial charge < -0.3 is 19.3 Å². The third kappa shape index (κ3) is 6.49. The second-order valence-electron chi connectivity index (χ2n) is 5.25. The van der Waals surface area contributed by atoms with Crippen molar-refractivity contribution in [1.82, 2.24) is 9.80 Å². The molecule has 0 bridgehead atoms. The van der Waals surface area contributed by atoms with Gasteiger partial charge in [0.05, 0.1) is 13.2 Å². The van der Waals surface area contributed by atoms with Crippen molar-refractivity contribution in [3.8, 4) is 5.75 Å². The van der Waals surface area contributed by atoms with E-state index < -0.39 is 0 Å². The molecule has 0 fully saturated rings. The van der Waals surface area contributed by atoms with Gasteiger partial charge in [0.1, 0.15) is 5.75 Å². The number of rotatable bonds is 7. The van der Waals surface area contributed by atoms with E-state index in [0.717, 1.165) is 30.3 Å². The first kappa shape index (κ1) is 17.3. The topological polar surface area (TPSA) is 37.3 Å². The predicted octanol–water partition coefficient (Wildman–Crippen LogP) is 2.08. The molecule has 0 aliphatic heterocycles. The van der Waals surface area contributed by atoms with Crippen LogP contribution in [0.2, 0.25) is 0 Å². The maximum atomic E-state index is 5.70. The van der Waals surface area contributed by atoms with Crippen molar-refractivity contribution in [3.05, 3.63) is 29.8 Å². The number of benzene rings is 1. The minimum atomic E-state index is 0.640. The minimum absolute atomic E-state index is 0.640. The molecule has 0 heterocycles. The van der Waals surface area contributed by atoms with Gasteiger partial charge in [-0.3, -0.25) is 0 Å². The first-order valence-electron chi connectivity index (χ1n) is 7.14. The molecule has 118 valence electrons. The van der Waals surface area contributed by atoms with Crippen molar-refractivity contribution in [2.24, 2.45) is 4.99 Å². The molecule has 0 aromatic heterocycles. The van der Waals surface area contributed by atoms with Gasteiger partial charge in [-0.2, -0.15) is 0 Å². The van der Waals surface area contributed by atoms with Crippen molar-refractivity contribution in [2.45, 2.75) is 13.0 Å². The van der Waals surface area contributed by atoms with E-state index >= 15 is 0 Å². The summed E-state index contributed by atoms with van der Waals surface area (Å²) in [5.41, 5.74) is 1.14. The van der Waals surface area contributed by atoms with Crippen LogP contribution < -0.4 is 4.74 Å². The van der Waals surface area contributed by atoms with Crippen LogP contribution in [0, 0.1) is 0 Å². The summed E-state index contributed by atoms with van der Waals surface area (Å²) in [7, 11) is 9.68. The third-order valence-corrected chi connectivity index (χ3v) is 2.86.